The molecule has 0 radical (unpaired) electrons. The standard InChI is InChI=1S/C19H25ClFNO2/c1-12(10-21)24-19(23)18-16(14-4-6-15(20)7-5-14)9-13-3-8-17(18)22(2)11-13/h4-7,12-13,16-18H,3,8-11H2,1-2H3/i21-1. The van der Waals surface area contributed by atoms with E-state index in [1.807, 2.05) is 24.3 Å². The first-order chi connectivity index (χ1) is 11.5. The Morgan fingerprint density at radius 3 is 2.71 bits per heavy atom. The van der Waals surface area contributed by atoms with Gasteiger partial charge >= 0.3 is 5.97 Å². The fourth-order valence-corrected chi connectivity index (χ4v) is 4.49. The van der Waals surface area contributed by atoms with Crippen molar-refractivity contribution >= 4 is 17.6 Å². The van der Waals surface area contributed by atoms with Gasteiger partial charge in [-0.05, 0) is 62.8 Å². The normalized spacial score (nSPS) is 31.5. The van der Waals surface area contributed by atoms with E-state index >= 15 is 0 Å². The Labute approximate surface area is 148 Å². The van der Waals surface area contributed by atoms with Gasteiger partial charge in [0.1, 0.15) is 12.8 Å². The Morgan fingerprint density at radius 1 is 1.38 bits per heavy atom. The van der Waals surface area contributed by atoms with Gasteiger partial charge < -0.3 is 9.64 Å². The molecule has 24 heavy (non-hydrogen) atoms. The number of piperidine rings is 1. The van der Waals surface area contributed by atoms with Gasteiger partial charge in [-0.3, -0.25) is 4.79 Å². The summed E-state index contributed by atoms with van der Waals surface area (Å²) in [6.07, 6.45) is 2.41. The topological polar surface area (TPSA) is 29.5 Å². The summed E-state index contributed by atoms with van der Waals surface area (Å²) in [6, 6.07) is 7.93. The van der Waals surface area contributed by atoms with Crippen LogP contribution in [0.25, 0.3) is 0 Å². The van der Waals surface area contributed by atoms with Gasteiger partial charge in [0.2, 0.25) is 0 Å². The van der Waals surface area contributed by atoms with Gasteiger partial charge in [-0.15, -0.1) is 0 Å². The number of fused-ring (bicyclic) bond motifs is 4. The van der Waals surface area contributed by atoms with Gasteiger partial charge in [-0.25, -0.2) is 4.39 Å². The van der Waals surface area contributed by atoms with Crippen molar-refractivity contribution in [2.24, 2.45) is 11.8 Å². The number of benzene rings is 1. The van der Waals surface area contributed by atoms with Crippen LogP contribution in [0.5, 0.6) is 0 Å². The molecule has 3 nitrogen and oxygen atoms in total. The highest BCUT2D eigenvalue weighted by molar-refractivity contribution is 6.30. The summed E-state index contributed by atoms with van der Waals surface area (Å²) < 4.78 is 18.2. The molecule has 3 fully saturated rings. The van der Waals surface area contributed by atoms with Crippen molar-refractivity contribution in [1.82, 2.24) is 4.90 Å². The Morgan fingerprint density at radius 2 is 2.08 bits per heavy atom. The fraction of sp³-hybridized carbons (Fsp3) is 0.632. The van der Waals surface area contributed by atoms with Crippen LogP contribution in [0.2, 0.25) is 5.02 Å². The summed E-state index contributed by atoms with van der Waals surface area (Å²) in [5.74, 6) is 0.171. The second kappa shape index (κ2) is 7.40. The average molecular weight is 353 g/mol. The van der Waals surface area contributed by atoms with Crippen molar-refractivity contribution in [2.45, 2.75) is 44.2 Å². The van der Waals surface area contributed by atoms with E-state index in [4.69, 9.17) is 16.3 Å². The van der Waals surface area contributed by atoms with Crippen LogP contribution in [0, 0.1) is 11.8 Å². The van der Waals surface area contributed by atoms with Crippen LogP contribution in [0.1, 0.15) is 37.7 Å². The highest BCUT2D eigenvalue weighted by Crippen LogP contribution is 2.45. The quantitative estimate of drug-likeness (QED) is 0.765. The van der Waals surface area contributed by atoms with E-state index in [9.17, 15) is 9.18 Å². The highest BCUT2D eigenvalue weighted by atomic mass is 35.5. The van der Waals surface area contributed by atoms with Crippen molar-refractivity contribution in [1.29, 1.82) is 0 Å². The van der Waals surface area contributed by atoms with E-state index in [-0.39, 0.29) is 23.8 Å². The van der Waals surface area contributed by atoms with E-state index in [0.717, 1.165) is 31.4 Å². The van der Waals surface area contributed by atoms with E-state index in [0.29, 0.717) is 10.9 Å². The molecule has 0 N–H and O–H groups in total. The summed E-state index contributed by atoms with van der Waals surface area (Å²) in [6.45, 7) is 1.97. The molecule has 5 unspecified atom stereocenters. The largest absolute Gasteiger partial charge is 0.460 e. The van der Waals surface area contributed by atoms with Crippen LogP contribution in [-0.2, 0) is 9.53 Å². The smallest absolute Gasteiger partial charge is 0.311 e. The zero-order chi connectivity index (χ0) is 17.3. The zero-order valence-electron chi connectivity index (χ0n) is 14.3. The van der Waals surface area contributed by atoms with Crippen LogP contribution in [0.15, 0.2) is 24.3 Å². The number of ether oxygens (including phenoxy) is 1. The molecule has 1 saturated carbocycles. The second-order valence-corrected chi connectivity index (χ2v) is 7.71. The minimum atomic E-state index is -0.686. The van der Waals surface area contributed by atoms with E-state index in [2.05, 4.69) is 11.9 Å². The number of rotatable bonds is 4. The molecular formula is C19H25ClFNO2. The number of carbonyl (C=O) groups excluding carboxylic acids is 1. The number of alkyl halides is 1. The molecule has 2 saturated heterocycles. The van der Waals surface area contributed by atoms with Gasteiger partial charge in [0.05, 0.1) is 5.92 Å². The molecule has 1 aromatic rings. The molecule has 5 heteroatoms. The number of hydrogen-bond donors (Lipinski definition) is 0. The van der Waals surface area contributed by atoms with E-state index in [1.54, 1.807) is 6.92 Å². The molecule has 5 atom stereocenters. The van der Waals surface area contributed by atoms with Gasteiger partial charge in [0.25, 0.3) is 0 Å². The first-order valence-electron chi connectivity index (χ1n) is 8.71. The van der Waals surface area contributed by atoms with Crippen LogP contribution >= 0.6 is 11.6 Å². The Balaban J connectivity index is 1.93. The molecule has 132 valence electrons. The van der Waals surface area contributed by atoms with Gasteiger partial charge in [-0.1, -0.05) is 23.7 Å². The average Bonchev–Trinajstić information content (AvgIpc) is 2.83. The molecule has 2 aliphatic heterocycles. The van der Waals surface area contributed by atoms with Crippen LogP contribution < -0.4 is 0 Å². The minimum absolute atomic E-state index is 0.101. The maximum Gasteiger partial charge on any atom is 0.311 e. The van der Waals surface area contributed by atoms with E-state index < -0.39 is 12.8 Å². The number of esters is 1. The zero-order valence-corrected chi connectivity index (χ0v) is 15.0. The molecule has 3 aliphatic rings. The summed E-state index contributed by atoms with van der Waals surface area (Å²) in [5, 5.41) is 0.692. The predicted molar refractivity (Wildman–Crippen MR) is 93.0 cm³/mol. The van der Waals surface area contributed by atoms with Crippen molar-refractivity contribution in [3.8, 4) is 0 Å². The fourth-order valence-electron chi connectivity index (χ4n) is 4.36. The SMILES string of the molecule is CC(C[18F])OC(=O)C1C(c2ccc(Cl)cc2)CC2CCC1N(C)C2. The number of hydrogen-bond acceptors (Lipinski definition) is 3. The van der Waals surface area contributed by atoms with Crippen molar-refractivity contribution in [3.63, 3.8) is 0 Å². The lowest BCUT2D eigenvalue weighted by Gasteiger charge is -2.37. The molecule has 2 bridgehead atoms. The Bertz CT molecular complexity index is 579. The maximum absolute atomic E-state index is 12.9. The molecule has 0 amide bonds. The van der Waals surface area contributed by atoms with E-state index in [1.165, 1.54) is 0 Å². The second-order valence-electron chi connectivity index (χ2n) is 7.27. The van der Waals surface area contributed by atoms with Crippen LogP contribution in [0.3, 0.4) is 0 Å². The van der Waals surface area contributed by atoms with Gasteiger partial charge in [0.15, 0.2) is 0 Å². The minimum Gasteiger partial charge on any atom is -0.460 e. The predicted octanol–water partition coefficient (Wildman–Crippen LogP) is 4.06. The number of halogens is 2. The molecule has 4 rings (SSSR count). The van der Waals surface area contributed by atoms with Crippen LogP contribution in [-0.4, -0.2) is 43.3 Å². The Hall–Kier alpha value is -1.13. The molecule has 0 spiro atoms. The van der Waals surface area contributed by atoms with Gasteiger partial charge in [-0.2, -0.15) is 0 Å². The summed E-state index contributed by atoms with van der Waals surface area (Å²) in [7, 11) is 2.08. The summed E-state index contributed by atoms with van der Waals surface area (Å²) in [4.78, 5) is 15.2. The molecular weight excluding hydrogens is 328 g/mol. The monoisotopic (exact) mass is 352 g/mol. The van der Waals surface area contributed by atoms with Crippen LogP contribution in [0.4, 0.5) is 4.39 Å². The summed E-state index contributed by atoms with van der Waals surface area (Å²) in [5.41, 5.74) is 1.13. The third-order valence-electron chi connectivity index (χ3n) is 5.52. The third-order valence-corrected chi connectivity index (χ3v) is 5.78. The lowest BCUT2D eigenvalue weighted by molar-refractivity contribution is -0.157. The maximum atomic E-state index is 12.9. The number of carbonyl (C=O) groups is 1. The molecule has 1 aliphatic carbocycles. The Kier molecular flexibility index (Phi) is 5.46. The lowest BCUT2D eigenvalue weighted by atomic mass is 9.80. The molecule has 1 aromatic carbocycles. The first kappa shape index (κ1) is 17.7. The first-order valence-corrected chi connectivity index (χ1v) is 9.09. The van der Waals surface area contributed by atoms with Crippen molar-refractivity contribution in [3.05, 3.63) is 34.9 Å². The van der Waals surface area contributed by atoms with Gasteiger partial charge in [0, 0.05) is 17.6 Å². The lowest BCUT2D eigenvalue weighted by Crippen LogP contribution is -2.46. The van der Waals surface area contributed by atoms with Crippen molar-refractivity contribution < 1.29 is 13.9 Å². The highest BCUT2D eigenvalue weighted by Gasteiger charge is 2.46. The van der Waals surface area contributed by atoms with Crippen molar-refractivity contribution in [2.75, 3.05) is 20.3 Å². The number of nitrogens with zero attached hydrogens (tertiary/aromatic N) is 1. The molecule has 0 aromatic heterocycles. The third kappa shape index (κ3) is 3.60. The molecule has 2 heterocycles. The summed E-state index contributed by atoms with van der Waals surface area (Å²) >= 11 is 6.02.